The fourth-order valence-corrected chi connectivity index (χ4v) is 0.274. The van der Waals surface area contributed by atoms with E-state index in [0.717, 1.165) is 0 Å². The van der Waals surface area contributed by atoms with Crippen LogP contribution in [0.2, 0.25) is 0 Å². The summed E-state index contributed by atoms with van der Waals surface area (Å²) in [5.41, 5.74) is 5.15. The van der Waals surface area contributed by atoms with E-state index in [0.29, 0.717) is 6.61 Å². The summed E-state index contributed by atoms with van der Waals surface area (Å²) >= 11 is 0. The Hall–Kier alpha value is -0.680. The van der Waals surface area contributed by atoms with Gasteiger partial charge >= 0.3 is 5.97 Å². The van der Waals surface area contributed by atoms with E-state index < -0.39 is 6.04 Å². The maximum Gasteiger partial charge on any atom is 0.322 e. The Morgan fingerprint density at radius 3 is 2.20 bits per heavy atom. The molecule has 0 saturated heterocycles. The van der Waals surface area contributed by atoms with E-state index in [1.807, 2.05) is 0 Å². The molecule has 0 aromatic carbocycles. The second kappa shape index (κ2) is 8.32. The first kappa shape index (κ1) is 16.2. The molecule has 0 rings (SSSR count). The van der Waals surface area contributed by atoms with Gasteiger partial charge in [-0.2, -0.15) is 0 Å². The predicted octanol–water partition coefficient (Wildman–Crippen LogP) is 0.211. The third-order valence-electron chi connectivity index (χ3n) is 0.658. The van der Waals surface area contributed by atoms with Gasteiger partial charge in [-0.05, 0) is 13.8 Å². The number of esters is 1. The Morgan fingerprint density at radius 1 is 1.70 bits per heavy atom. The number of hydrogen-bond donors (Lipinski definition) is 2. The van der Waals surface area contributed by atoms with E-state index in [2.05, 4.69) is 4.74 Å². The fraction of sp³-hybridized carbons (Fsp3) is 0.800. The van der Waals surface area contributed by atoms with Gasteiger partial charge in [0.25, 0.3) is 0 Å². The minimum absolute atomic E-state index is 0. The lowest BCUT2D eigenvalue weighted by Crippen LogP contribution is -2.28. The Balaban J connectivity index is -0.000000245. The van der Waals surface area contributed by atoms with E-state index in [9.17, 15) is 4.79 Å². The van der Waals surface area contributed by atoms with Gasteiger partial charge in [0, 0.05) is 0 Å². The summed E-state index contributed by atoms with van der Waals surface area (Å²) in [6, 6.07) is -0.491. The Kier molecular flexibility index (Phi) is 13.4. The van der Waals surface area contributed by atoms with Crippen molar-refractivity contribution in [1.82, 2.24) is 6.15 Å². The molecule has 10 heavy (non-hydrogen) atoms. The zero-order chi connectivity index (χ0) is 6.57. The molecule has 0 saturated carbocycles. The highest BCUT2D eigenvalue weighted by molar-refractivity contribution is 5.74. The van der Waals surface area contributed by atoms with Crippen LogP contribution in [0.1, 0.15) is 13.8 Å². The highest BCUT2D eigenvalue weighted by Gasteiger charge is 2.05. The van der Waals surface area contributed by atoms with Gasteiger partial charge < -0.3 is 16.6 Å². The molecule has 0 aliphatic carbocycles. The molecule has 0 bridgehead atoms. The minimum Gasteiger partial charge on any atom is -0.465 e. The van der Waals surface area contributed by atoms with Crippen LogP contribution in [-0.2, 0) is 9.53 Å². The first-order chi connectivity index (χ1) is 3.68. The van der Waals surface area contributed by atoms with Crippen molar-refractivity contribution in [3.05, 3.63) is 0 Å². The monoisotopic (exact) mass is 154 g/mol. The molecule has 0 aromatic heterocycles. The minimum atomic E-state index is -0.491. The lowest BCUT2D eigenvalue weighted by atomic mass is 10.4. The predicted molar refractivity (Wildman–Crippen MR) is 37.8 cm³/mol. The molecule has 0 radical (unpaired) electrons. The second-order valence-corrected chi connectivity index (χ2v) is 1.54. The van der Waals surface area contributed by atoms with Crippen LogP contribution in [0.25, 0.3) is 0 Å². The summed E-state index contributed by atoms with van der Waals surface area (Å²) in [5, 5.41) is 0. The lowest BCUT2D eigenvalue weighted by Gasteiger charge is -2.02. The first-order valence-corrected chi connectivity index (χ1v) is 2.60. The molecule has 0 aliphatic rings. The van der Waals surface area contributed by atoms with Crippen LogP contribution in [0.3, 0.4) is 0 Å². The van der Waals surface area contributed by atoms with Crippen molar-refractivity contribution in [3.63, 3.8) is 0 Å². The summed E-state index contributed by atoms with van der Waals surface area (Å²) in [6.45, 7) is 3.75. The lowest BCUT2D eigenvalue weighted by molar-refractivity contribution is -0.144. The van der Waals surface area contributed by atoms with E-state index in [4.69, 9.17) is 5.73 Å². The van der Waals surface area contributed by atoms with Gasteiger partial charge in [-0.15, -0.1) is 0 Å². The maximum absolute atomic E-state index is 10.4. The van der Waals surface area contributed by atoms with Crippen molar-refractivity contribution in [2.45, 2.75) is 19.9 Å². The molecule has 64 valence electrons. The van der Waals surface area contributed by atoms with E-state index >= 15 is 0 Å². The Labute approximate surface area is 59.7 Å². The number of nitrogens with two attached hydrogens (primary N) is 1. The molecule has 0 spiro atoms. The fourth-order valence-electron chi connectivity index (χ4n) is 0.274. The highest BCUT2D eigenvalue weighted by atomic mass is 19.0. The maximum atomic E-state index is 10.4. The standard InChI is InChI=1S/C5H11NO2.FH.H3N/c1-3-8-5(7)4(2)6;;/h4H,3,6H2,1-2H3;1H;1H3. The van der Waals surface area contributed by atoms with Crippen LogP contribution in [0, 0.1) is 0 Å². The van der Waals surface area contributed by atoms with E-state index in [1.165, 1.54) is 0 Å². The van der Waals surface area contributed by atoms with Crippen molar-refractivity contribution in [3.8, 4) is 0 Å². The topological polar surface area (TPSA) is 87.3 Å². The number of ether oxygens (including phenoxy) is 1. The van der Waals surface area contributed by atoms with Gasteiger partial charge in [-0.25, -0.2) is 0 Å². The summed E-state index contributed by atoms with van der Waals surface area (Å²) in [7, 11) is 0. The van der Waals surface area contributed by atoms with Crippen molar-refractivity contribution in [2.75, 3.05) is 6.61 Å². The van der Waals surface area contributed by atoms with Gasteiger partial charge in [0.05, 0.1) is 6.61 Å². The molecule has 1 atom stereocenters. The number of halogens is 1. The van der Waals surface area contributed by atoms with Crippen LogP contribution in [0.4, 0.5) is 4.70 Å². The van der Waals surface area contributed by atoms with Crippen LogP contribution in [-0.4, -0.2) is 18.6 Å². The zero-order valence-corrected chi connectivity index (χ0v) is 6.29. The van der Waals surface area contributed by atoms with Crippen molar-refractivity contribution in [2.24, 2.45) is 5.73 Å². The van der Waals surface area contributed by atoms with Crippen molar-refractivity contribution in [1.29, 1.82) is 0 Å². The molecule has 0 amide bonds. The molecule has 1 unspecified atom stereocenters. The molecule has 0 fully saturated rings. The molecule has 5 N–H and O–H groups in total. The molecule has 0 aromatic rings. The molecular weight excluding hydrogens is 139 g/mol. The van der Waals surface area contributed by atoms with Crippen LogP contribution in [0.5, 0.6) is 0 Å². The van der Waals surface area contributed by atoms with E-state index in [-0.39, 0.29) is 16.8 Å². The molecule has 0 heterocycles. The van der Waals surface area contributed by atoms with Crippen molar-refractivity contribution >= 4 is 5.97 Å². The normalized spacial score (nSPS) is 10.3. The summed E-state index contributed by atoms with van der Waals surface area (Å²) in [6.07, 6.45) is 0. The Bertz CT molecular complexity index is 87.7. The van der Waals surface area contributed by atoms with Gasteiger partial charge in [0.2, 0.25) is 0 Å². The number of hydrogen-bond acceptors (Lipinski definition) is 4. The largest absolute Gasteiger partial charge is 0.465 e. The molecule has 4 nitrogen and oxygen atoms in total. The number of rotatable bonds is 2. The zero-order valence-electron chi connectivity index (χ0n) is 6.29. The molecule has 0 aliphatic heterocycles. The first-order valence-electron chi connectivity index (χ1n) is 2.60. The summed E-state index contributed by atoms with van der Waals surface area (Å²) < 4.78 is 4.54. The van der Waals surface area contributed by atoms with Crippen LogP contribution >= 0.6 is 0 Å². The quantitative estimate of drug-likeness (QED) is 0.556. The van der Waals surface area contributed by atoms with E-state index in [1.54, 1.807) is 13.8 Å². The number of carbonyl (C=O) groups is 1. The van der Waals surface area contributed by atoms with Gasteiger partial charge in [-0.3, -0.25) is 9.50 Å². The smallest absolute Gasteiger partial charge is 0.322 e. The SMILES string of the molecule is CCOC(=O)C(C)N.F.N. The average molecular weight is 154 g/mol. The highest BCUT2D eigenvalue weighted by Crippen LogP contribution is 1.80. The number of carbonyl (C=O) groups excluding carboxylic acids is 1. The summed E-state index contributed by atoms with van der Waals surface area (Å²) in [5.74, 6) is -0.340. The van der Waals surface area contributed by atoms with Crippen molar-refractivity contribution < 1.29 is 14.2 Å². The Morgan fingerprint density at radius 2 is 2.10 bits per heavy atom. The third kappa shape index (κ3) is 7.32. The van der Waals surface area contributed by atoms with Gasteiger partial charge in [0.1, 0.15) is 6.04 Å². The van der Waals surface area contributed by atoms with Gasteiger partial charge in [-0.1, -0.05) is 0 Å². The molecule has 5 heteroatoms. The third-order valence-corrected chi connectivity index (χ3v) is 0.658. The second-order valence-electron chi connectivity index (χ2n) is 1.54. The van der Waals surface area contributed by atoms with Crippen LogP contribution in [0.15, 0.2) is 0 Å². The van der Waals surface area contributed by atoms with Gasteiger partial charge in [0.15, 0.2) is 0 Å². The molecular formula is C5H15FN2O2. The average Bonchev–Trinajstić information content (AvgIpc) is 1.67. The summed E-state index contributed by atoms with van der Waals surface area (Å²) in [4.78, 5) is 10.4. The van der Waals surface area contributed by atoms with Crippen LogP contribution < -0.4 is 11.9 Å².